The molecule has 1 aromatic heterocycles. The quantitative estimate of drug-likeness (QED) is 0.181. The molecule has 0 aliphatic carbocycles. The Kier molecular flexibility index (Phi) is 6.83. The summed E-state index contributed by atoms with van der Waals surface area (Å²) in [6.07, 6.45) is 0. The summed E-state index contributed by atoms with van der Waals surface area (Å²) in [6, 6.07) is 54.2. The Balaban J connectivity index is 1.45. The molecule has 0 spiro atoms. The lowest BCUT2D eigenvalue weighted by Crippen LogP contribution is -2.10. The van der Waals surface area contributed by atoms with Crippen molar-refractivity contribution in [2.45, 2.75) is 0 Å². The maximum absolute atomic E-state index is 14.3. The molecule has 8 aromatic carbocycles. The molecule has 3 nitrogen and oxygen atoms in total. The zero-order valence-corrected chi connectivity index (χ0v) is 26.2. The molecule has 0 aliphatic rings. The molecular weight excluding hydrogens is 610 g/mol. The molecule has 0 saturated heterocycles. The summed E-state index contributed by atoms with van der Waals surface area (Å²) in [5.41, 5.74) is 6.47. The summed E-state index contributed by atoms with van der Waals surface area (Å²) in [5, 5.41) is 6.17. The molecule has 0 radical (unpaired) electrons. The molecule has 0 amide bonds. The van der Waals surface area contributed by atoms with Crippen LogP contribution in [0.1, 0.15) is 0 Å². The molecule has 0 bridgehead atoms. The average molecular weight is 639 g/mol. The topological polar surface area (TPSA) is 19.6 Å². The number of para-hydroxylation sites is 2. The van der Waals surface area contributed by atoms with Crippen LogP contribution in [0.4, 0.5) is 42.9 Å². The Morgan fingerprint density at radius 1 is 0.367 bits per heavy atom. The van der Waals surface area contributed by atoms with Crippen LogP contribution in [-0.2, 0) is 0 Å². The Labute approximate surface area is 281 Å². The van der Waals surface area contributed by atoms with Gasteiger partial charge in [0, 0.05) is 33.5 Å². The molecule has 9 rings (SSSR count). The van der Waals surface area contributed by atoms with Gasteiger partial charge >= 0.3 is 0 Å². The van der Waals surface area contributed by atoms with Crippen molar-refractivity contribution in [3.63, 3.8) is 0 Å². The second kappa shape index (κ2) is 11.7. The molecule has 234 valence electrons. The smallest absolute Gasteiger partial charge is 0.160 e. The molecule has 1 heterocycles. The highest BCUT2D eigenvalue weighted by Crippen LogP contribution is 2.50. The van der Waals surface area contributed by atoms with Gasteiger partial charge in [0.2, 0.25) is 0 Å². The summed E-state index contributed by atoms with van der Waals surface area (Å²) in [7, 11) is 0. The first-order valence-corrected chi connectivity index (χ1v) is 16.2. The number of benzene rings is 8. The highest BCUT2D eigenvalue weighted by molar-refractivity contribution is 6.31. The first kappa shape index (κ1) is 28.7. The minimum absolute atomic E-state index is 0.304. The third-order valence-electron chi connectivity index (χ3n) is 9.10. The van der Waals surface area contributed by atoms with Gasteiger partial charge in [0.1, 0.15) is 11.6 Å². The van der Waals surface area contributed by atoms with Crippen molar-refractivity contribution in [3.8, 4) is 0 Å². The zero-order chi connectivity index (χ0) is 32.9. The van der Waals surface area contributed by atoms with E-state index in [0.717, 1.165) is 66.4 Å². The molecule has 9 aromatic rings. The van der Waals surface area contributed by atoms with Crippen LogP contribution in [0, 0.1) is 11.6 Å². The fraction of sp³-hybridized carbons (Fsp3) is 0. The van der Waals surface area contributed by atoms with E-state index >= 15 is 0 Å². The van der Waals surface area contributed by atoms with Gasteiger partial charge < -0.3 is 14.2 Å². The molecular formula is C44H28F2N2O. The summed E-state index contributed by atoms with van der Waals surface area (Å²) >= 11 is 0. The number of furan rings is 1. The lowest BCUT2D eigenvalue weighted by molar-refractivity contribution is 0.627. The van der Waals surface area contributed by atoms with Gasteiger partial charge in [-0.1, -0.05) is 84.9 Å². The van der Waals surface area contributed by atoms with Crippen molar-refractivity contribution >= 4 is 77.6 Å². The van der Waals surface area contributed by atoms with Crippen LogP contribution in [0.25, 0.3) is 43.5 Å². The van der Waals surface area contributed by atoms with E-state index in [1.165, 1.54) is 24.3 Å². The van der Waals surface area contributed by atoms with Gasteiger partial charge in [-0.05, 0) is 106 Å². The summed E-state index contributed by atoms with van der Waals surface area (Å²) in [5.74, 6) is -0.607. The van der Waals surface area contributed by atoms with Crippen molar-refractivity contribution < 1.29 is 13.2 Å². The van der Waals surface area contributed by atoms with Crippen LogP contribution < -0.4 is 9.80 Å². The van der Waals surface area contributed by atoms with Gasteiger partial charge in [-0.2, -0.15) is 0 Å². The molecule has 0 atom stereocenters. The highest BCUT2D eigenvalue weighted by Gasteiger charge is 2.26. The standard InChI is InChI=1S/C44H28F2N2O/c45-31-19-23-35(24-20-31)47(33-13-3-1-4-14-33)39-27-29-11-7-9-17-37(29)41-42-38-18-10-8-12-30(38)28-40(44(42)49-43(39)41)48(34-15-5-2-6-16-34)36-25-21-32(46)22-26-36/h1-28H. The normalized spacial score (nSPS) is 11.5. The van der Waals surface area contributed by atoms with E-state index in [1.54, 1.807) is 24.3 Å². The fourth-order valence-corrected chi connectivity index (χ4v) is 6.95. The van der Waals surface area contributed by atoms with E-state index in [2.05, 4.69) is 58.3 Å². The van der Waals surface area contributed by atoms with Crippen LogP contribution in [0.15, 0.2) is 174 Å². The number of nitrogens with zero attached hydrogens (tertiary/aromatic N) is 2. The van der Waals surface area contributed by atoms with E-state index < -0.39 is 0 Å². The van der Waals surface area contributed by atoms with E-state index in [-0.39, 0.29) is 11.6 Å². The monoisotopic (exact) mass is 638 g/mol. The average Bonchev–Trinajstić information content (AvgIpc) is 3.56. The van der Waals surface area contributed by atoms with Gasteiger partial charge in [0.05, 0.1) is 11.4 Å². The second-order valence-corrected chi connectivity index (χ2v) is 12.0. The second-order valence-electron chi connectivity index (χ2n) is 12.0. The van der Waals surface area contributed by atoms with E-state index in [1.807, 2.05) is 72.8 Å². The minimum atomic E-state index is -0.304. The fourth-order valence-electron chi connectivity index (χ4n) is 6.95. The van der Waals surface area contributed by atoms with Gasteiger partial charge in [0.25, 0.3) is 0 Å². The number of fused-ring (bicyclic) bond motifs is 7. The van der Waals surface area contributed by atoms with Gasteiger partial charge in [-0.3, -0.25) is 0 Å². The van der Waals surface area contributed by atoms with Gasteiger partial charge in [0.15, 0.2) is 11.2 Å². The molecule has 5 heteroatoms. The van der Waals surface area contributed by atoms with Crippen LogP contribution in [0.3, 0.4) is 0 Å². The van der Waals surface area contributed by atoms with Gasteiger partial charge in [-0.15, -0.1) is 0 Å². The summed E-state index contributed by atoms with van der Waals surface area (Å²) < 4.78 is 35.7. The Morgan fingerprint density at radius 2 is 0.714 bits per heavy atom. The summed E-state index contributed by atoms with van der Waals surface area (Å²) in [6.45, 7) is 0. The van der Waals surface area contributed by atoms with Crippen LogP contribution in [-0.4, -0.2) is 0 Å². The zero-order valence-electron chi connectivity index (χ0n) is 26.2. The summed E-state index contributed by atoms with van der Waals surface area (Å²) in [4.78, 5) is 4.24. The molecule has 0 unspecified atom stereocenters. The van der Waals surface area contributed by atoms with Crippen LogP contribution >= 0.6 is 0 Å². The lowest BCUT2D eigenvalue weighted by atomic mass is 9.97. The van der Waals surface area contributed by atoms with E-state index in [0.29, 0.717) is 11.2 Å². The predicted octanol–water partition coefficient (Wildman–Crippen LogP) is 13.1. The minimum Gasteiger partial charge on any atom is -0.452 e. The molecule has 0 saturated carbocycles. The first-order valence-electron chi connectivity index (χ1n) is 16.2. The van der Waals surface area contributed by atoms with Crippen molar-refractivity contribution in [3.05, 3.63) is 181 Å². The number of anilines is 6. The molecule has 0 aliphatic heterocycles. The molecule has 0 N–H and O–H groups in total. The predicted molar refractivity (Wildman–Crippen MR) is 198 cm³/mol. The van der Waals surface area contributed by atoms with Crippen molar-refractivity contribution in [2.24, 2.45) is 0 Å². The molecule has 0 fully saturated rings. The highest BCUT2D eigenvalue weighted by atomic mass is 19.1. The Morgan fingerprint density at radius 3 is 1.12 bits per heavy atom. The van der Waals surface area contributed by atoms with Crippen LogP contribution in [0.2, 0.25) is 0 Å². The number of hydrogen-bond donors (Lipinski definition) is 0. The van der Waals surface area contributed by atoms with Crippen molar-refractivity contribution in [1.82, 2.24) is 0 Å². The number of hydrogen-bond acceptors (Lipinski definition) is 3. The first-order chi connectivity index (χ1) is 24.1. The third kappa shape index (κ3) is 4.86. The third-order valence-corrected chi connectivity index (χ3v) is 9.10. The maximum Gasteiger partial charge on any atom is 0.160 e. The number of halogens is 2. The molecule has 49 heavy (non-hydrogen) atoms. The van der Waals surface area contributed by atoms with E-state index in [4.69, 9.17) is 4.42 Å². The van der Waals surface area contributed by atoms with Crippen molar-refractivity contribution in [1.29, 1.82) is 0 Å². The van der Waals surface area contributed by atoms with Gasteiger partial charge in [-0.25, -0.2) is 8.78 Å². The SMILES string of the molecule is Fc1ccc(N(c2ccccc2)c2cc3ccccc3c3c2oc2c(N(c4ccccc4)c4ccc(F)cc4)cc4ccccc4c23)cc1. The number of rotatable bonds is 6. The Hall–Kier alpha value is -6.46. The van der Waals surface area contributed by atoms with Crippen molar-refractivity contribution in [2.75, 3.05) is 9.80 Å². The largest absolute Gasteiger partial charge is 0.452 e. The van der Waals surface area contributed by atoms with E-state index in [9.17, 15) is 8.78 Å². The lowest BCUT2D eigenvalue weighted by Gasteiger charge is -2.26. The van der Waals surface area contributed by atoms with Crippen LogP contribution in [0.5, 0.6) is 0 Å². The Bertz CT molecular complexity index is 2430. The maximum atomic E-state index is 14.3.